The molecule has 2 heterocycles. The van der Waals surface area contributed by atoms with Crippen molar-refractivity contribution in [3.05, 3.63) is 10.3 Å². The van der Waals surface area contributed by atoms with Crippen molar-refractivity contribution in [2.45, 2.75) is 33.5 Å². The zero-order chi connectivity index (χ0) is 11.5. The van der Waals surface area contributed by atoms with E-state index in [-0.39, 0.29) is 6.29 Å². The van der Waals surface area contributed by atoms with Gasteiger partial charge < -0.3 is 14.2 Å². The smallest absolute Gasteiger partial charge is 0.264 e. The van der Waals surface area contributed by atoms with Crippen LogP contribution < -0.4 is 9.47 Å². The maximum Gasteiger partial charge on any atom is 0.264 e. The lowest BCUT2D eigenvalue weighted by Crippen LogP contribution is -2.25. The van der Waals surface area contributed by atoms with Gasteiger partial charge in [-0.3, -0.25) is 0 Å². The Labute approximate surface area is 100 Å². The van der Waals surface area contributed by atoms with Gasteiger partial charge in [-0.15, -0.1) is 11.3 Å². The van der Waals surface area contributed by atoms with Gasteiger partial charge in [0.05, 0.1) is 0 Å². The molecule has 0 N–H and O–H groups in total. The van der Waals surface area contributed by atoms with E-state index in [9.17, 15) is 0 Å². The predicted molar refractivity (Wildman–Crippen MR) is 64.4 cm³/mol. The fourth-order valence-corrected chi connectivity index (χ4v) is 2.21. The zero-order valence-electron chi connectivity index (χ0n) is 9.99. The van der Waals surface area contributed by atoms with Gasteiger partial charge in [-0.05, 0) is 19.3 Å². The molecule has 2 rings (SSSR count). The van der Waals surface area contributed by atoms with Gasteiger partial charge in [0.15, 0.2) is 11.5 Å². The van der Waals surface area contributed by atoms with Gasteiger partial charge in [-0.2, -0.15) is 0 Å². The molecule has 0 radical (unpaired) electrons. The molecule has 16 heavy (non-hydrogen) atoms. The van der Waals surface area contributed by atoms with Gasteiger partial charge in [0, 0.05) is 16.9 Å². The van der Waals surface area contributed by atoms with Crippen LogP contribution in [-0.2, 0) is 4.74 Å². The summed E-state index contributed by atoms with van der Waals surface area (Å²) in [7, 11) is 0. The highest BCUT2D eigenvalue weighted by Gasteiger charge is 2.27. The van der Waals surface area contributed by atoms with Crippen LogP contribution in [0.5, 0.6) is 11.5 Å². The van der Waals surface area contributed by atoms with Crippen molar-refractivity contribution in [3.63, 3.8) is 0 Å². The first-order valence-corrected chi connectivity index (χ1v) is 6.54. The Kier molecular flexibility index (Phi) is 3.71. The van der Waals surface area contributed by atoms with Gasteiger partial charge in [-0.25, -0.2) is 0 Å². The Morgan fingerprint density at radius 1 is 1.44 bits per heavy atom. The van der Waals surface area contributed by atoms with Crippen LogP contribution in [0.3, 0.4) is 0 Å². The quantitative estimate of drug-likeness (QED) is 0.742. The molecule has 0 aromatic carbocycles. The second-order valence-corrected chi connectivity index (χ2v) is 5.49. The monoisotopic (exact) mass is 242 g/mol. The Balaban J connectivity index is 1.71. The Morgan fingerprint density at radius 2 is 2.25 bits per heavy atom. The molecule has 1 aliphatic heterocycles. The van der Waals surface area contributed by atoms with E-state index >= 15 is 0 Å². The third kappa shape index (κ3) is 2.68. The van der Waals surface area contributed by atoms with Crippen LogP contribution in [-0.4, -0.2) is 19.5 Å². The van der Waals surface area contributed by atoms with Gasteiger partial charge >= 0.3 is 0 Å². The summed E-state index contributed by atoms with van der Waals surface area (Å²) in [5.41, 5.74) is 0. The predicted octanol–water partition coefficient (Wildman–Crippen LogP) is 3.22. The first-order valence-electron chi connectivity index (χ1n) is 5.66. The maximum absolute atomic E-state index is 5.65. The minimum absolute atomic E-state index is 0.260. The third-order valence-electron chi connectivity index (χ3n) is 2.49. The highest BCUT2D eigenvalue weighted by molar-refractivity contribution is 7.10. The van der Waals surface area contributed by atoms with Crippen molar-refractivity contribution in [3.8, 4) is 11.5 Å². The van der Waals surface area contributed by atoms with Crippen molar-refractivity contribution in [2.24, 2.45) is 5.92 Å². The van der Waals surface area contributed by atoms with E-state index in [1.165, 1.54) is 4.88 Å². The highest BCUT2D eigenvalue weighted by atomic mass is 32.1. The van der Waals surface area contributed by atoms with Crippen LogP contribution in [0, 0.1) is 12.8 Å². The molecule has 0 amide bonds. The first-order chi connectivity index (χ1) is 7.66. The molecule has 0 aliphatic carbocycles. The van der Waals surface area contributed by atoms with Crippen molar-refractivity contribution in [1.82, 2.24) is 0 Å². The summed E-state index contributed by atoms with van der Waals surface area (Å²) in [4.78, 5) is 1.17. The van der Waals surface area contributed by atoms with E-state index in [4.69, 9.17) is 14.2 Å². The number of ether oxygens (including phenoxy) is 3. The van der Waals surface area contributed by atoms with Crippen LogP contribution in [0.2, 0.25) is 0 Å². The van der Waals surface area contributed by atoms with Gasteiger partial charge in [0.2, 0.25) is 0 Å². The van der Waals surface area contributed by atoms with Gasteiger partial charge in [-0.1, -0.05) is 13.8 Å². The van der Waals surface area contributed by atoms with Gasteiger partial charge in [0.25, 0.3) is 6.29 Å². The molecule has 1 unspecified atom stereocenters. The lowest BCUT2D eigenvalue weighted by molar-refractivity contribution is -0.0350. The largest absolute Gasteiger partial charge is 0.448 e. The molecule has 1 atom stereocenters. The molecule has 0 saturated heterocycles. The molecular weight excluding hydrogens is 224 g/mol. The summed E-state index contributed by atoms with van der Waals surface area (Å²) in [5, 5.41) is 1.98. The molecular formula is C12H18O3S. The van der Waals surface area contributed by atoms with Crippen molar-refractivity contribution < 1.29 is 14.2 Å². The van der Waals surface area contributed by atoms with Crippen LogP contribution in [0.25, 0.3) is 0 Å². The summed E-state index contributed by atoms with van der Waals surface area (Å²) < 4.78 is 16.8. The van der Waals surface area contributed by atoms with Crippen molar-refractivity contribution in [2.75, 3.05) is 13.2 Å². The number of hydrogen-bond acceptors (Lipinski definition) is 4. The summed E-state index contributed by atoms with van der Waals surface area (Å²) in [6.07, 6.45) is 0.816. The topological polar surface area (TPSA) is 27.7 Å². The number of fused-ring (bicyclic) bond motifs is 1. The molecule has 0 saturated carbocycles. The van der Waals surface area contributed by atoms with E-state index < -0.39 is 0 Å². The van der Waals surface area contributed by atoms with E-state index in [2.05, 4.69) is 13.8 Å². The summed E-state index contributed by atoms with van der Waals surface area (Å²) >= 11 is 1.65. The third-order valence-corrected chi connectivity index (χ3v) is 3.36. The molecule has 3 nitrogen and oxygen atoms in total. The first kappa shape index (κ1) is 11.7. The number of thiophene rings is 1. The Morgan fingerprint density at radius 3 is 2.94 bits per heavy atom. The molecule has 0 spiro atoms. The molecule has 1 aromatic rings. The van der Waals surface area contributed by atoms with Crippen molar-refractivity contribution in [1.29, 1.82) is 0 Å². The average molecular weight is 242 g/mol. The SMILES string of the molecule is Cc1scc2c1OC(COCCC(C)C)O2. The molecule has 90 valence electrons. The molecule has 4 heteroatoms. The van der Waals surface area contributed by atoms with E-state index in [0.29, 0.717) is 12.5 Å². The Hall–Kier alpha value is -0.740. The molecule has 1 aliphatic rings. The minimum atomic E-state index is -0.260. The van der Waals surface area contributed by atoms with Crippen molar-refractivity contribution >= 4 is 11.3 Å². The second kappa shape index (κ2) is 5.06. The number of hydrogen-bond donors (Lipinski definition) is 0. The maximum atomic E-state index is 5.65. The van der Waals surface area contributed by atoms with E-state index in [1.807, 2.05) is 12.3 Å². The van der Waals surface area contributed by atoms with Crippen LogP contribution in [0.1, 0.15) is 25.1 Å². The van der Waals surface area contributed by atoms with E-state index in [1.54, 1.807) is 11.3 Å². The minimum Gasteiger partial charge on any atom is -0.448 e. The lowest BCUT2D eigenvalue weighted by atomic mass is 10.1. The highest BCUT2D eigenvalue weighted by Crippen LogP contribution is 2.42. The van der Waals surface area contributed by atoms with Crippen LogP contribution >= 0.6 is 11.3 Å². The average Bonchev–Trinajstić information content (AvgIpc) is 2.76. The number of aryl methyl sites for hydroxylation is 1. The molecule has 1 aromatic heterocycles. The normalized spacial score (nSPS) is 18.4. The van der Waals surface area contributed by atoms with Gasteiger partial charge in [0.1, 0.15) is 6.61 Å². The zero-order valence-corrected chi connectivity index (χ0v) is 10.8. The summed E-state index contributed by atoms with van der Waals surface area (Å²) in [6.45, 7) is 7.69. The summed E-state index contributed by atoms with van der Waals surface area (Å²) in [6, 6.07) is 0. The lowest BCUT2D eigenvalue weighted by Gasteiger charge is -2.12. The fourth-order valence-electron chi connectivity index (χ4n) is 1.51. The molecule has 0 bridgehead atoms. The fraction of sp³-hybridized carbons (Fsp3) is 0.667. The van der Waals surface area contributed by atoms with Crippen LogP contribution in [0.4, 0.5) is 0 Å². The Bertz CT molecular complexity index is 346. The van der Waals surface area contributed by atoms with Crippen LogP contribution in [0.15, 0.2) is 5.38 Å². The standard InChI is InChI=1S/C12H18O3S/c1-8(2)4-5-13-6-11-14-10-7-16-9(3)12(10)15-11/h7-8,11H,4-6H2,1-3H3. The summed E-state index contributed by atoms with van der Waals surface area (Å²) in [5.74, 6) is 2.43. The molecule has 0 fully saturated rings. The number of rotatable bonds is 5. The van der Waals surface area contributed by atoms with E-state index in [0.717, 1.165) is 24.5 Å². The second-order valence-electron chi connectivity index (χ2n) is 4.41.